The second-order valence-corrected chi connectivity index (χ2v) is 7.35. The second-order valence-electron chi connectivity index (χ2n) is 5.30. The zero-order valence-corrected chi connectivity index (χ0v) is 12.5. The number of hydrogen-bond donors (Lipinski definition) is 1. The summed E-state index contributed by atoms with van der Waals surface area (Å²) in [5.41, 5.74) is 0. The van der Waals surface area contributed by atoms with Crippen molar-refractivity contribution in [3.63, 3.8) is 0 Å². The molecule has 108 valence electrons. The van der Waals surface area contributed by atoms with E-state index in [1.54, 1.807) is 17.9 Å². The van der Waals surface area contributed by atoms with Gasteiger partial charge in [0.15, 0.2) is 0 Å². The number of sulfonamides is 1. The molecule has 1 heterocycles. The van der Waals surface area contributed by atoms with Gasteiger partial charge in [-0.25, -0.2) is 12.7 Å². The van der Waals surface area contributed by atoms with Gasteiger partial charge in [-0.15, -0.1) is 0 Å². The van der Waals surface area contributed by atoms with Gasteiger partial charge in [-0.1, -0.05) is 6.92 Å². The molecule has 2 atom stereocenters. The minimum absolute atomic E-state index is 0.277. The molecule has 0 radical (unpaired) electrons. The lowest BCUT2D eigenvalue weighted by Gasteiger charge is -2.15. The predicted octanol–water partition coefficient (Wildman–Crippen LogP) is 0.379. The average Bonchev–Trinajstić information content (AvgIpc) is 2.88. The summed E-state index contributed by atoms with van der Waals surface area (Å²) in [7, 11) is 0.105. The van der Waals surface area contributed by atoms with Crippen molar-refractivity contribution in [1.29, 1.82) is 0 Å². The second kappa shape index (κ2) is 5.60. The average molecular weight is 286 g/mol. The summed E-state index contributed by atoms with van der Waals surface area (Å²) in [5, 5.41) is 7.09. The molecule has 0 bridgehead atoms. The predicted molar refractivity (Wildman–Crippen MR) is 73.2 cm³/mol. The van der Waals surface area contributed by atoms with Crippen LogP contribution in [0.2, 0.25) is 0 Å². The van der Waals surface area contributed by atoms with Crippen molar-refractivity contribution in [2.45, 2.75) is 24.8 Å². The van der Waals surface area contributed by atoms with E-state index in [2.05, 4.69) is 17.3 Å². The Labute approximate surface area is 114 Å². The van der Waals surface area contributed by atoms with Gasteiger partial charge in [0.05, 0.1) is 12.7 Å². The molecule has 1 saturated carbocycles. The third-order valence-corrected chi connectivity index (χ3v) is 5.45. The molecular formula is C12H22N4O2S. The van der Waals surface area contributed by atoms with Crippen molar-refractivity contribution in [2.24, 2.45) is 11.8 Å². The Morgan fingerprint density at radius 3 is 2.84 bits per heavy atom. The molecule has 2 unspecified atom stereocenters. The van der Waals surface area contributed by atoms with Crippen molar-refractivity contribution in [3.8, 4) is 0 Å². The van der Waals surface area contributed by atoms with E-state index in [0.717, 1.165) is 13.0 Å². The van der Waals surface area contributed by atoms with Crippen LogP contribution in [0.5, 0.6) is 0 Å². The Bertz CT molecular complexity index is 526. The highest BCUT2D eigenvalue weighted by atomic mass is 32.2. The lowest BCUT2D eigenvalue weighted by molar-refractivity contribution is 0.444. The number of nitrogens with one attached hydrogen (secondary N) is 1. The third kappa shape index (κ3) is 3.34. The summed E-state index contributed by atoms with van der Waals surface area (Å²) in [6.07, 6.45) is 4.15. The maximum atomic E-state index is 12.3. The third-order valence-electron chi connectivity index (χ3n) is 3.68. The van der Waals surface area contributed by atoms with Crippen LogP contribution in [0.1, 0.15) is 13.3 Å². The van der Waals surface area contributed by atoms with Gasteiger partial charge in [0.1, 0.15) is 4.90 Å². The number of nitrogens with zero attached hydrogens (tertiary/aromatic N) is 3. The zero-order valence-electron chi connectivity index (χ0n) is 11.7. The van der Waals surface area contributed by atoms with Gasteiger partial charge in [0, 0.05) is 26.3 Å². The van der Waals surface area contributed by atoms with Gasteiger partial charge in [-0.2, -0.15) is 5.10 Å². The van der Waals surface area contributed by atoms with Gasteiger partial charge >= 0.3 is 0 Å². The van der Waals surface area contributed by atoms with Crippen molar-refractivity contribution in [3.05, 3.63) is 12.4 Å². The minimum atomic E-state index is -3.39. The van der Waals surface area contributed by atoms with Gasteiger partial charge in [0.2, 0.25) is 10.0 Å². The molecule has 1 N–H and O–H groups in total. The molecule has 1 aliphatic rings. The van der Waals surface area contributed by atoms with Crippen LogP contribution in [0.25, 0.3) is 0 Å². The van der Waals surface area contributed by atoms with Crippen LogP contribution in [0, 0.1) is 11.8 Å². The quantitative estimate of drug-likeness (QED) is 0.787. The summed E-state index contributed by atoms with van der Waals surface area (Å²) in [6, 6.07) is 0. The number of aromatic nitrogens is 2. The smallest absolute Gasteiger partial charge is 0.245 e. The molecule has 0 spiro atoms. The molecule has 1 aliphatic carbocycles. The van der Waals surface area contributed by atoms with Crippen LogP contribution in [0.15, 0.2) is 17.3 Å². The fourth-order valence-electron chi connectivity index (χ4n) is 2.09. The lowest BCUT2D eigenvalue weighted by atomic mass is 10.3. The lowest BCUT2D eigenvalue weighted by Crippen LogP contribution is -2.29. The maximum Gasteiger partial charge on any atom is 0.245 e. The summed E-state index contributed by atoms with van der Waals surface area (Å²) < 4.78 is 27.8. The summed E-state index contributed by atoms with van der Waals surface area (Å²) in [5.74, 6) is 1.16. The molecule has 0 amide bonds. The Morgan fingerprint density at radius 1 is 1.58 bits per heavy atom. The molecular weight excluding hydrogens is 264 g/mol. The summed E-state index contributed by atoms with van der Waals surface area (Å²) in [4.78, 5) is 0.277. The van der Waals surface area contributed by atoms with Crippen molar-refractivity contribution in [1.82, 2.24) is 19.4 Å². The van der Waals surface area contributed by atoms with E-state index >= 15 is 0 Å². The largest absolute Gasteiger partial charge is 0.318 e. The monoisotopic (exact) mass is 286 g/mol. The summed E-state index contributed by atoms with van der Waals surface area (Å²) >= 11 is 0. The van der Waals surface area contributed by atoms with E-state index < -0.39 is 10.0 Å². The van der Waals surface area contributed by atoms with Gasteiger partial charge in [-0.05, 0) is 25.3 Å². The van der Waals surface area contributed by atoms with Crippen LogP contribution < -0.4 is 5.32 Å². The molecule has 1 fully saturated rings. The van der Waals surface area contributed by atoms with E-state index in [1.165, 1.54) is 10.5 Å². The molecule has 19 heavy (non-hydrogen) atoms. The highest BCUT2D eigenvalue weighted by Crippen LogP contribution is 2.38. The Morgan fingerprint density at radius 2 is 2.26 bits per heavy atom. The highest BCUT2D eigenvalue weighted by molar-refractivity contribution is 7.89. The van der Waals surface area contributed by atoms with Crippen LogP contribution >= 0.6 is 0 Å². The topological polar surface area (TPSA) is 67.2 Å². The van der Waals surface area contributed by atoms with Gasteiger partial charge < -0.3 is 5.32 Å². The van der Waals surface area contributed by atoms with Crippen molar-refractivity contribution in [2.75, 3.05) is 27.2 Å². The fourth-order valence-corrected chi connectivity index (χ4v) is 3.27. The molecule has 0 aliphatic heterocycles. The first-order chi connectivity index (χ1) is 8.95. The Balaban J connectivity index is 2.03. The SMILES string of the molecule is CNCCn1cc(S(=O)(=O)N(C)CC2CC2C)cn1. The molecule has 0 aromatic carbocycles. The van der Waals surface area contributed by atoms with Gasteiger partial charge in [-0.3, -0.25) is 4.68 Å². The van der Waals surface area contributed by atoms with Crippen molar-refractivity contribution < 1.29 is 8.42 Å². The molecule has 6 nitrogen and oxygen atoms in total. The van der Waals surface area contributed by atoms with E-state index in [9.17, 15) is 8.42 Å². The molecule has 2 rings (SSSR count). The minimum Gasteiger partial charge on any atom is -0.318 e. The van der Waals surface area contributed by atoms with Crippen LogP contribution in [-0.2, 0) is 16.6 Å². The maximum absolute atomic E-state index is 12.3. The zero-order chi connectivity index (χ0) is 14.0. The fraction of sp³-hybridized carbons (Fsp3) is 0.750. The van der Waals surface area contributed by atoms with Crippen LogP contribution in [0.3, 0.4) is 0 Å². The van der Waals surface area contributed by atoms with Crippen LogP contribution in [0.4, 0.5) is 0 Å². The van der Waals surface area contributed by atoms with Gasteiger partial charge in [0.25, 0.3) is 0 Å². The Kier molecular flexibility index (Phi) is 4.27. The van der Waals surface area contributed by atoms with Crippen LogP contribution in [-0.4, -0.2) is 49.7 Å². The van der Waals surface area contributed by atoms with E-state index in [0.29, 0.717) is 24.9 Å². The molecule has 0 saturated heterocycles. The summed E-state index contributed by atoms with van der Waals surface area (Å²) in [6.45, 7) is 4.18. The first kappa shape index (κ1) is 14.5. The van der Waals surface area contributed by atoms with E-state index in [1.807, 2.05) is 7.05 Å². The molecule has 1 aromatic heterocycles. The number of likely N-dealkylation sites (N-methyl/N-ethyl adjacent to an activating group) is 1. The normalized spacial score (nSPS) is 22.9. The highest BCUT2D eigenvalue weighted by Gasteiger charge is 2.36. The first-order valence-electron chi connectivity index (χ1n) is 6.58. The van der Waals surface area contributed by atoms with Crippen molar-refractivity contribution >= 4 is 10.0 Å². The van der Waals surface area contributed by atoms with E-state index in [4.69, 9.17) is 0 Å². The first-order valence-corrected chi connectivity index (χ1v) is 8.02. The van der Waals surface area contributed by atoms with E-state index in [-0.39, 0.29) is 4.90 Å². The Hall–Kier alpha value is -0.920. The molecule has 1 aromatic rings. The standard InChI is InChI=1S/C12H22N4O2S/c1-10-6-11(10)8-15(3)19(17,18)12-7-14-16(9-12)5-4-13-2/h7,9-11,13H,4-6,8H2,1-3H3. The number of rotatable bonds is 7. The number of hydrogen-bond acceptors (Lipinski definition) is 4. The molecule has 7 heteroatoms.